The van der Waals surface area contributed by atoms with E-state index >= 15 is 0 Å². The zero-order valence-corrected chi connectivity index (χ0v) is 14.4. The van der Waals surface area contributed by atoms with E-state index in [0.29, 0.717) is 13.1 Å². The number of carbonyl (C=O) groups is 2. The molecule has 0 aromatic heterocycles. The Kier molecular flexibility index (Phi) is 9.55. The normalized spacial score (nSPS) is 17.3. The molecule has 0 aliphatic carbocycles. The number of nitrogens with two attached hydrogens (primary N) is 1. The summed E-state index contributed by atoms with van der Waals surface area (Å²) < 4.78 is 9.77. The van der Waals surface area contributed by atoms with Crippen molar-refractivity contribution in [2.75, 3.05) is 59.0 Å². The Morgan fingerprint density at radius 3 is 2.21 bits per heavy atom. The van der Waals surface area contributed by atoms with Gasteiger partial charge in [0.2, 0.25) is 0 Å². The first-order valence-corrected chi connectivity index (χ1v) is 8.23. The highest BCUT2D eigenvalue weighted by Gasteiger charge is 2.18. The van der Waals surface area contributed by atoms with Gasteiger partial charge in [0.15, 0.2) is 0 Å². The van der Waals surface area contributed by atoms with E-state index in [0.717, 1.165) is 32.7 Å². The first-order valence-electron chi connectivity index (χ1n) is 8.23. The lowest BCUT2D eigenvalue weighted by atomic mass is 10.3. The molecule has 3 N–H and O–H groups in total. The van der Waals surface area contributed by atoms with Crippen LogP contribution in [0.1, 0.15) is 13.3 Å². The summed E-state index contributed by atoms with van der Waals surface area (Å²) in [4.78, 5) is 27.4. The second-order valence-corrected chi connectivity index (χ2v) is 5.94. The Balaban J connectivity index is 2.10. The molecule has 1 aliphatic heterocycles. The average molecular weight is 343 g/mol. The average Bonchev–Trinajstić information content (AvgIpc) is 2.57. The van der Waals surface area contributed by atoms with Crippen LogP contribution in [0.2, 0.25) is 0 Å². The summed E-state index contributed by atoms with van der Waals surface area (Å²) in [5, 5.41) is 9.62. The zero-order valence-electron chi connectivity index (χ0n) is 14.4. The molecule has 8 nitrogen and oxygen atoms in total. The van der Waals surface area contributed by atoms with Gasteiger partial charge in [-0.1, -0.05) is 6.58 Å². The molecular weight excluding hydrogens is 314 g/mol. The second kappa shape index (κ2) is 11.1. The van der Waals surface area contributed by atoms with E-state index in [1.807, 2.05) is 0 Å². The second-order valence-electron chi connectivity index (χ2n) is 5.94. The van der Waals surface area contributed by atoms with Crippen molar-refractivity contribution in [3.8, 4) is 0 Å². The van der Waals surface area contributed by atoms with Crippen LogP contribution in [0.25, 0.3) is 0 Å². The van der Waals surface area contributed by atoms with Crippen LogP contribution in [-0.2, 0) is 19.1 Å². The van der Waals surface area contributed by atoms with Crippen LogP contribution in [0.3, 0.4) is 0 Å². The van der Waals surface area contributed by atoms with Gasteiger partial charge in [0.1, 0.15) is 19.3 Å². The van der Waals surface area contributed by atoms with Crippen molar-refractivity contribution in [2.45, 2.75) is 19.4 Å². The van der Waals surface area contributed by atoms with Crippen LogP contribution in [0.15, 0.2) is 12.2 Å². The van der Waals surface area contributed by atoms with Gasteiger partial charge in [-0.05, 0) is 6.92 Å². The molecule has 24 heavy (non-hydrogen) atoms. The lowest BCUT2D eigenvalue weighted by Gasteiger charge is -2.34. The number of hydrogen-bond donors (Lipinski definition) is 2. The van der Waals surface area contributed by atoms with E-state index in [9.17, 15) is 14.7 Å². The number of rotatable bonds is 10. The molecule has 1 aliphatic rings. The monoisotopic (exact) mass is 343 g/mol. The fraction of sp³-hybridized carbons (Fsp3) is 0.750. The molecule has 8 heteroatoms. The molecule has 0 saturated carbocycles. The van der Waals surface area contributed by atoms with Crippen LogP contribution in [0.5, 0.6) is 0 Å². The van der Waals surface area contributed by atoms with Crippen LogP contribution in [0, 0.1) is 0 Å². The molecule has 138 valence electrons. The minimum absolute atomic E-state index is 0.188. The van der Waals surface area contributed by atoms with Crippen molar-refractivity contribution >= 4 is 11.9 Å². The molecule has 0 bridgehead atoms. The summed E-state index contributed by atoms with van der Waals surface area (Å²) in [7, 11) is 0. The first-order chi connectivity index (χ1) is 11.4. The van der Waals surface area contributed by atoms with Gasteiger partial charge in [-0.3, -0.25) is 9.69 Å². The van der Waals surface area contributed by atoms with Gasteiger partial charge >= 0.3 is 11.9 Å². The summed E-state index contributed by atoms with van der Waals surface area (Å²) in [5.41, 5.74) is 5.79. The molecule has 1 rings (SSSR count). The van der Waals surface area contributed by atoms with Gasteiger partial charge in [-0.2, -0.15) is 0 Å². The SMILES string of the molecule is C=C(C)C(=O)OCC(O)COC(=O)CCN1CCN(CCN)CC1. The van der Waals surface area contributed by atoms with Crippen LogP contribution in [0.4, 0.5) is 0 Å². The molecule has 0 spiro atoms. The number of hydrogen-bond acceptors (Lipinski definition) is 8. The molecule has 1 unspecified atom stereocenters. The van der Waals surface area contributed by atoms with Gasteiger partial charge < -0.3 is 25.2 Å². The number of esters is 2. The molecule has 1 fully saturated rings. The van der Waals surface area contributed by atoms with Crippen LogP contribution in [-0.4, -0.2) is 92.0 Å². The lowest BCUT2D eigenvalue weighted by molar-refractivity contribution is -0.150. The Morgan fingerprint density at radius 1 is 1.12 bits per heavy atom. The summed E-state index contributed by atoms with van der Waals surface area (Å²) in [6.07, 6.45) is -0.758. The number of nitrogens with zero attached hydrogens (tertiary/aromatic N) is 2. The standard InChI is InChI=1S/C16H29N3O5/c1-13(2)16(22)24-12-14(20)11-23-15(21)3-5-18-7-9-19(6-4-17)10-8-18/h14,20H,1,3-12,17H2,2H3. The maximum Gasteiger partial charge on any atom is 0.333 e. The zero-order chi connectivity index (χ0) is 17.9. The number of carbonyl (C=O) groups excluding carboxylic acids is 2. The maximum absolute atomic E-state index is 11.7. The molecule has 0 radical (unpaired) electrons. The molecule has 0 aromatic carbocycles. The largest absolute Gasteiger partial charge is 0.463 e. The van der Waals surface area contributed by atoms with Gasteiger partial charge in [-0.15, -0.1) is 0 Å². The minimum atomic E-state index is -1.03. The summed E-state index contributed by atoms with van der Waals surface area (Å²) in [6.45, 7) is 10.5. The highest BCUT2D eigenvalue weighted by atomic mass is 16.6. The topological polar surface area (TPSA) is 105 Å². The predicted octanol–water partition coefficient (Wildman–Crippen LogP) is -1.02. The number of ether oxygens (including phenoxy) is 2. The van der Waals surface area contributed by atoms with Crippen LogP contribution >= 0.6 is 0 Å². The quantitative estimate of drug-likeness (QED) is 0.383. The van der Waals surface area contributed by atoms with E-state index in [1.165, 1.54) is 6.92 Å². The van der Waals surface area contributed by atoms with E-state index in [-0.39, 0.29) is 31.2 Å². The molecule has 1 atom stereocenters. The van der Waals surface area contributed by atoms with E-state index in [4.69, 9.17) is 15.2 Å². The number of aliphatic hydroxyl groups is 1. The third-order valence-electron chi connectivity index (χ3n) is 3.73. The van der Waals surface area contributed by atoms with E-state index in [1.54, 1.807) is 0 Å². The van der Waals surface area contributed by atoms with Crippen molar-refractivity contribution in [2.24, 2.45) is 5.73 Å². The smallest absolute Gasteiger partial charge is 0.333 e. The maximum atomic E-state index is 11.7. The fourth-order valence-corrected chi connectivity index (χ4v) is 2.27. The lowest BCUT2D eigenvalue weighted by Crippen LogP contribution is -2.48. The predicted molar refractivity (Wildman–Crippen MR) is 89.3 cm³/mol. The summed E-state index contributed by atoms with van der Waals surface area (Å²) in [6, 6.07) is 0. The number of piperazine rings is 1. The Morgan fingerprint density at radius 2 is 1.67 bits per heavy atom. The summed E-state index contributed by atoms with van der Waals surface area (Å²) in [5.74, 6) is -0.946. The van der Waals surface area contributed by atoms with Crippen LogP contribution < -0.4 is 5.73 Å². The van der Waals surface area contributed by atoms with E-state index in [2.05, 4.69) is 16.4 Å². The Labute approximate surface area is 143 Å². The summed E-state index contributed by atoms with van der Waals surface area (Å²) >= 11 is 0. The van der Waals surface area contributed by atoms with Gasteiger partial charge in [0, 0.05) is 51.4 Å². The van der Waals surface area contributed by atoms with Crippen molar-refractivity contribution < 1.29 is 24.2 Å². The van der Waals surface area contributed by atoms with Crippen molar-refractivity contribution in [1.29, 1.82) is 0 Å². The highest BCUT2D eigenvalue weighted by molar-refractivity contribution is 5.86. The minimum Gasteiger partial charge on any atom is -0.463 e. The molecule has 1 saturated heterocycles. The van der Waals surface area contributed by atoms with Crippen molar-refractivity contribution in [3.63, 3.8) is 0 Å². The Hall–Kier alpha value is -1.48. The van der Waals surface area contributed by atoms with Gasteiger partial charge in [-0.25, -0.2) is 4.79 Å². The molecule has 0 amide bonds. The van der Waals surface area contributed by atoms with Gasteiger partial charge in [0.05, 0.1) is 6.42 Å². The highest BCUT2D eigenvalue weighted by Crippen LogP contribution is 2.03. The van der Waals surface area contributed by atoms with Crippen molar-refractivity contribution in [3.05, 3.63) is 12.2 Å². The molecular formula is C16H29N3O5. The fourth-order valence-electron chi connectivity index (χ4n) is 2.27. The number of aliphatic hydroxyl groups excluding tert-OH is 1. The molecule has 0 aromatic rings. The molecule has 1 heterocycles. The third kappa shape index (κ3) is 8.39. The van der Waals surface area contributed by atoms with E-state index < -0.39 is 12.1 Å². The Bertz CT molecular complexity index is 422. The van der Waals surface area contributed by atoms with Crippen molar-refractivity contribution in [1.82, 2.24) is 9.80 Å². The third-order valence-corrected chi connectivity index (χ3v) is 3.73. The van der Waals surface area contributed by atoms with Gasteiger partial charge in [0.25, 0.3) is 0 Å². The first kappa shape index (κ1) is 20.6.